The van der Waals surface area contributed by atoms with Gasteiger partial charge in [0.2, 0.25) is 0 Å². The summed E-state index contributed by atoms with van der Waals surface area (Å²) in [5.41, 5.74) is 13.4. The van der Waals surface area contributed by atoms with E-state index in [2.05, 4.69) is 140 Å². The van der Waals surface area contributed by atoms with Crippen molar-refractivity contribution in [2.24, 2.45) is 0 Å². The van der Waals surface area contributed by atoms with E-state index in [0.717, 1.165) is 23.4 Å². The Morgan fingerprint density at radius 2 is 1.33 bits per heavy atom. The van der Waals surface area contributed by atoms with Gasteiger partial charge in [0, 0.05) is 54.0 Å². The van der Waals surface area contributed by atoms with Gasteiger partial charge in [-0.15, -0.1) is 0 Å². The van der Waals surface area contributed by atoms with Crippen molar-refractivity contribution in [3.8, 4) is 22.4 Å². The summed E-state index contributed by atoms with van der Waals surface area (Å²) >= 11 is 0. The molecule has 0 saturated heterocycles. The van der Waals surface area contributed by atoms with E-state index in [9.17, 15) is 0 Å². The van der Waals surface area contributed by atoms with Gasteiger partial charge in [-0.05, 0) is 86.5 Å². The van der Waals surface area contributed by atoms with E-state index in [1.165, 1.54) is 55.3 Å². The van der Waals surface area contributed by atoms with Crippen LogP contribution in [0.1, 0.15) is 57.8 Å². The van der Waals surface area contributed by atoms with Crippen molar-refractivity contribution in [1.29, 1.82) is 0 Å². The van der Waals surface area contributed by atoms with Gasteiger partial charge in [0.1, 0.15) is 0 Å². The lowest BCUT2D eigenvalue weighted by Crippen LogP contribution is -2.31. The van der Waals surface area contributed by atoms with Crippen molar-refractivity contribution in [2.45, 2.75) is 30.6 Å². The number of pyridine rings is 3. The molecule has 3 atom stereocenters. The molecule has 2 aliphatic carbocycles. The Balaban J connectivity index is 1.29. The first kappa shape index (κ1) is 26.0. The van der Waals surface area contributed by atoms with Crippen LogP contribution in [0.15, 0.2) is 146 Å². The fraction of sp³-hybridized carbons (Fsp3) is 0.119. The fourth-order valence-corrected chi connectivity index (χ4v) is 8.30. The summed E-state index contributed by atoms with van der Waals surface area (Å²) in [4.78, 5) is 14.7. The highest BCUT2D eigenvalue weighted by Crippen LogP contribution is 2.62. The van der Waals surface area contributed by atoms with Gasteiger partial charge in [-0.2, -0.15) is 0 Å². The van der Waals surface area contributed by atoms with Gasteiger partial charge in [-0.25, -0.2) is 0 Å². The zero-order valence-corrected chi connectivity index (χ0v) is 25.1. The number of aromatic nitrogens is 3. The number of hydrogen-bond acceptors (Lipinski definition) is 3. The maximum atomic E-state index is 5.16. The van der Waals surface area contributed by atoms with Crippen LogP contribution in [0.4, 0.5) is 0 Å². The third-order valence-corrected chi connectivity index (χ3v) is 10.3. The summed E-state index contributed by atoms with van der Waals surface area (Å²) in [7, 11) is 0. The molecule has 214 valence electrons. The average Bonchev–Trinajstić information content (AvgIpc) is 3.28. The number of benzene rings is 4. The highest BCUT2D eigenvalue weighted by molar-refractivity contribution is 6.04. The summed E-state index contributed by atoms with van der Waals surface area (Å²) in [5, 5.41) is 2.46. The lowest BCUT2D eigenvalue weighted by Gasteiger charge is -2.35. The third-order valence-electron chi connectivity index (χ3n) is 10.3. The van der Waals surface area contributed by atoms with E-state index in [-0.39, 0.29) is 17.3 Å². The van der Waals surface area contributed by atoms with E-state index in [1.807, 2.05) is 18.5 Å². The molecule has 0 radical (unpaired) electrons. The second kappa shape index (κ2) is 10.1. The van der Waals surface area contributed by atoms with E-state index in [1.54, 1.807) is 0 Å². The maximum absolute atomic E-state index is 5.16. The number of hydrogen-bond donors (Lipinski definition) is 0. The Bertz CT molecular complexity index is 2220. The summed E-state index contributed by atoms with van der Waals surface area (Å²) < 4.78 is 0. The van der Waals surface area contributed by atoms with Crippen LogP contribution >= 0.6 is 0 Å². The Morgan fingerprint density at radius 3 is 2.18 bits per heavy atom. The van der Waals surface area contributed by atoms with Gasteiger partial charge < -0.3 is 0 Å². The minimum atomic E-state index is -0.312. The molecule has 0 aliphatic heterocycles. The smallest absolute Gasteiger partial charge is 0.0711 e. The first-order valence-corrected chi connectivity index (χ1v) is 15.7. The minimum Gasteiger partial charge on any atom is -0.264 e. The number of rotatable bonds is 3. The van der Waals surface area contributed by atoms with Crippen LogP contribution < -0.4 is 0 Å². The number of fused-ring (bicyclic) bond motifs is 8. The SMILES string of the molecule is CC1(c2ccccn2)c2ccccc2C2c3cc(-c4ccc(-c5ccccc5)c5ccccc45)ncc3Cc3cnccc3C21. The van der Waals surface area contributed by atoms with E-state index in [0.29, 0.717) is 0 Å². The first-order valence-electron chi connectivity index (χ1n) is 15.7. The number of nitrogens with zero attached hydrogens (tertiary/aromatic N) is 3. The highest BCUT2D eigenvalue weighted by Gasteiger charge is 2.53. The molecule has 3 heterocycles. The first-order chi connectivity index (χ1) is 22.2. The molecule has 3 aromatic heterocycles. The zero-order valence-electron chi connectivity index (χ0n) is 25.1. The van der Waals surface area contributed by atoms with Gasteiger partial charge in [0.05, 0.1) is 11.4 Å². The van der Waals surface area contributed by atoms with Crippen LogP contribution in [0.2, 0.25) is 0 Å². The van der Waals surface area contributed by atoms with E-state index >= 15 is 0 Å². The summed E-state index contributed by atoms with van der Waals surface area (Å²) in [6.07, 6.45) is 8.89. The molecule has 3 heteroatoms. The van der Waals surface area contributed by atoms with Gasteiger partial charge in [0.25, 0.3) is 0 Å². The van der Waals surface area contributed by atoms with Crippen LogP contribution in [0.3, 0.4) is 0 Å². The van der Waals surface area contributed by atoms with Crippen LogP contribution in [0.25, 0.3) is 33.2 Å². The molecule has 4 aromatic carbocycles. The predicted octanol–water partition coefficient (Wildman–Crippen LogP) is 9.50. The van der Waals surface area contributed by atoms with Crippen molar-refractivity contribution in [1.82, 2.24) is 15.0 Å². The zero-order chi connectivity index (χ0) is 30.0. The summed E-state index contributed by atoms with van der Waals surface area (Å²) in [6.45, 7) is 2.39. The van der Waals surface area contributed by atoms with Crippen LogP contribution in [-0.4, -0.2) is 15.0 Å². The normalized spacial score (nSPS) is 19.7. The van der Waals surface area contributed by atoms with Crippen molar-refractivity contribution < 1.29 is 0 Å². The molecule has 0 N–H and O–H groups in total. The average molecular weight is 578 g/mol. The second-order valence-corrected chi connectivity index (χ2v) is 12.6. The van der Waals surface area contributed by atoms with Gasteiger partial charge in [-0.1, -0.05) is 97.1 Å². The molecule has 45 heavy (non-hydrogen) atoms. The quantitative estimate of drug-likeness (QED) is 0.210. The molecule has 3 unspecified atom stereocenters. The second-order valence-electron chi connectivity index (χ2n) is 12.6. The predicted molar refractivity (Wildman–Crippen MR) is 181 cm³/mol. The molecular weight excluding hydrogens is 546 g/mol. The molecular formula is C42H31N3. The van der Waals surface area contributed by atoms with Crippen LogP contribution in [0.5, 0.6) is 0 Å². The molecule has 0 bridgehead atoms. The lowest BCUT2D eigenvalue weighted by atomic mass is 9.67. The molecule has 0 fully saturated rings. The van der Waals surface area contributed by atoms with Crippen molar-refractivity contribution >= 4 is 10.8 Å². The van der Waals surface area contributed by atoms with E-state index in [4.69, 9.17) is 9.97 Å². The molecule has 2 aliphatic rings. The topological polar surface area (TPSA) is 38.7 Å². The largest absolute Gasteiger partial charge is 0.264 e. The summed E-state index contributed by atoms with van der Waals surface area (Å²) in [6, 6.07) is 43.9. The van der Waals surface area contributed by atoms with Gasteiger partial charge >= 0.3 is 0 Å². The van der Waals surface area contributed by atoms with Crippen molar-refractivity contribution in [3.63, 3.8) is 0 Å². The standard InChI is InChI=1S/C42H31N3/c1-42(39-17-9-10-21-44-39)37-16-8-7-15-35(37)40-36-24-38(45-26-29(36)23-28-25-43-22-20-31(28)41(40)42)34-19-18-30(27-11-3-2-4-12-27)32-13-5-6-14-33(32)34/h2-22,24-26,40-41H,23H2,1H3. The van der Waals surface area contributed by atoms with Crippen LogP contribution in [0, 0.1) is 0 Å². The molecule has 9 rings (SSSR count). The molecule has 0 saturated carbocycles. The minimum absolute atomic E-state index is 0.156. The highest BCUT2D eigenvalue weighted by atomic mass is 14.7. The maximum Gasteiger partial charge on any atom is 0.0711 e. The summed E-state index contributed by atoms with van der Waals surface area (Å²) in [5.74, 6) is 0.319. The Labute approximate surface area is 263 Å². The Kier molecular flexibility index (Phi) is 5.82. The van der Waals surface area contributed by atoms with E-state index < -0.39 is 0 Å². The molecule has 0 amide bonds. The molecule has 3 nitrogen and oxygen atoms in total. The van der Waals surface area contributed by atoms with Crippen molar-refractivity contribution in [2.75, 3.05) is 0 Å². The Morgan fingerprint density at radius 1 is 0.600 bits per heavy atom. The molecule has 7 aromatic rings. The monoisotopic (exact) mass is 577 g/mol. The van der Waals surface area contributed by atoms with Crippen LogP contribution in [-0.2, 0) is 11.8 Å². The molecule has 0 spiro atoms. The van der Waals surface area contributed by atoms with Gasteiger partial charge in [-0.3, -0.25) is 15.0 Å². The van der Waals surface area contributed by atoms with Crippen molar-refractivity contribution in [3.05, 3.63) is 185 Å². The lowest BCUT2D eigenvalue weighted by molar-refractivity contribution is 0.444. The fourth-order valence-electron chi connectivity index (χ4n) is 8.30. The van der Waals surface area contributed by atoms with Gasteiger partial charge in [0.15, 0.2) is 0 Å². The Hall–Kier alpha value is -5.41. The third kappa shape index (κ3) is 3.87.